The third-order valence-corrected chi connectivity index (χ3v) is 3.11. The van der Waals surface area contributed by atoms with Gasteiger partial charge in [-0.05, 0) is 18.9 Å². The van der Waals surface area contributed by atoms with Gasteiger partial charge < -0.3 is 24.8 Å². The second-order valence-corrected chi connectivity index (χ2v) is 4.80. The van der Waals surface area contributed by atoms with E-state index in [1.807, 2.05) is 0 Å². The molecule has 0 radical (unpaired) electrons. The van der Waals surface area contributed by atoms with Crippen molar-refractivity contribution in [1.82, 2.24) is 9.88 Å². The van der Waals surface area contributed by atoms with Crippen LogP contribution in [0.3, 0.4) is 0 Å². The van der Waals surface area contributed by atoms with E-state index in [0.717, 1.165) is 12.8 Å². The molecule has 0 spiro atoms. The van der Waals surface area contributed by atoms with Crippen LogP contribution >= 0.6 is 0 Å². The first kappa shape index (κ1) is 15.5. The van der Waals surface area contributed by atoms with E-state index in [1.54, 1.807) is 30.3 Å². The molecule has 1 aliphatic rings. The number of aromatic nitrogens is 1. The highest BCUT2D eigenvalue weighted by atomic mass is 16.5. The molecule has 1 aromatic heterocycles. The van der Waals surface area contributed by atoms with Crippen LogP contribution in [0.5, 0.6) is 5.88 Å². The van der Waals surface area contributed by atoms with Crippen LogP contribution < -0.4 is 10.1 Å². The number of ether oxygens (including phenoxy) is 2. The van der Waals surface area contributed by atoms with Crippen LogP contribution in [-0.4, -0.2) is 60.5 Å². The molecule has 21 heavy (non-hydrogen) atoms. The quantitative estimate of drug-likeness (QED) is 0.702. The summed E-state index contributed by atoms with van der Waals surface area (Å²) >= 11 is 0. The third kappa shape index (κ3) is 4.87. The van der Waals surface area contributed by atoms with Gasteiger partial charge in [0.2, 0.25) is 5.88 Å². The third-order valence-electron chi connectivity index (χ3n) is 3.11. The lowest BCUT2D eigenvalue weighted by Crippen LogP contribution is -2.38. The number of nitrogens with zero attached hydrogens (tertiary/aromatic N) is 2. The van der Waals surface area contributed by atoms with E-state index in [2.05, 4.69) is 10.3 Å². The minimum atomic E-state index is -0.207. The number of carbonyl (C=O) groups excluding carboxylic acids is 1. The van der Waals surface area contributed by atoms with Gasteiger partial charge in [0, 0.05) is 25.8 Å². The van der Waals surface area contributed by atoms with E-state index >= 15 is 0 Å². The Morgan fingerprint density at radius 2 is 2.29 bits per heavy atom. The fraction of sp³-hybridized carbons (Fsp3) is 0.571. The molecule has 116 valence electrons. The Labute approximate surface area is 123 Å². The van der Waals surface area contributed by atoms with Crippen molar-refractivity contribution in [2.75, 3.05) is 38.8 Å². The predicted octanol–water partition coefficient (Wildman–Crippen LogP) is 1.10. The number of methoxy groups -OCH3 is 1. The van der Waals surface area contributed by atoms with Crippen LogP contribution in [0.1, 0.15) is 12.8 Å². The van der Waals surface area contributed by atoms with Crippen molar-refractivity contribution in [2.24, 2.45) is 0 Å². The molecule has 0 unspecified atom stereocenters. The number of pyridine rings is 1. The Hall–Kier alpha value is -1.86. The van der Waals surface area contributed by atoms with Crippen molar-refractivity contribution in [1.29, 1.82) is 0 Å². The summed E-state index contributed by atoms with van der Waals surface area (Å²) in [7, 11) is 1.60. The molecule has 1 aromatic rings. The smallest absolute Gasteiger partial charge is 0.322 e. The minimum absolute atomic E-state index is 0.0333. The molecule has 7 heteroatoms. The monoisotopic (exact) mass is 295 g/mol. The highest BCUT2D eigenvalue weighted by Gasteiger charge is 2.32. The number of rotatable bonds is 8. The van der Waals surface area contributed by atoms with Gasteiger partial charge in [-0.2, -0.15) is 0 Å². The maximum absolute atomic E-state index is 12.1. The topological polar surface area (TPSA) is 83.9 Å². The number of hydrogen-bond acceptors (Lipinski definition) is 5. The first-order chi connectivity index (χ1) is 10.2. The van der Waals surface area contributed by atoms with Crippen molar-refractivity contribution in [3.8, 4) is 5.88 Å². The summed E-state index contributed by atoms with van der Waals surface area (Å²) in [4.78, 5) is 17.9. The number of carbonyl (C=O) groups is 1. The predicted molar refractivity (Wildman–Crippen MR) is 77.4 cm³/mol. The minimum Gasteiger partial charge on any atom is -0.475 e. The normalized spacial score (nSPS) is 13.8. The van der Waals surface area contributed by atoms with E-state index in [-0.39, 0.29) is 18.7 Å². The standard InChI is InChI=1S/C14H21N3O4/c1-20-8-9-21-13-5-2-11(10-15-13)16-14(19)17(6-7-18)12-3-4-12/h2,5,10,12,18H,3-4,6-9H2,1H3,(H,16,19). The average molecular weight is 295 g/mol. The molecule has 7 nitrogen and oxygen atoms in total. The molecule has 1 fully saturated rings. The molecule has 0 bridgehead atoms. The average Bonchev–Trinajstić information content (AvgIpc) is 3.31. The summed E-state index contributed by atoms with van der Waals surface area (Å²) < 4.78 is 10.2. The van der Waals surface area contributed by atoms with Crippen molar-refractivity contribution >= 4 is 11.7 Å². The van der Waals surface area contributed by atoms with E-state index in [0.29, 0.717) is 31.3 Å². The van der Waals surface area contributed by atoms with Crippen LogP contribution in [0, 0.1) is 0 Å². The molecule has 0 atom stereocenters. The van der Waals surface area contributed by atoms with Crippen LogP contribution in [0.2, 0.25) is 0 Å². The van der Waals surface area contributed by atoms with Gasteiger partial charge in [0.15, 0.2) is 0 Å². The molecule has 0 aliphatic heterocycles. The van der Waals surface area contributed by atoms with E-state index in [4.69, 9.17) is 14.6 Å². The number of urea groups is 1. The molecular weight excluding hydrogens is 274 g/mol. The number of hydrogen-bond donors (Lipinski definition) is 2. The second-order valence-electron chi connectivity index (χ2n) is 4.80. The van der Waals surface area contributed by atoms with E-state index < -0.39 is 0 Å². The van der Waals surface area contributed by atoms with Crippen molar-refractivity contribution in [3.63, 3.8) is 0 Å². The summed E-state index contributed by atoms with van der Waals surface area (Å²) in [5.74, 6) is 0.486. The molecule has 1 saturated carbocycles. The summed E-state index contributed by atoms with van der Waals surface area (Å²) in [6.45, 7) is 1.25. The summed E-state index contributed by atoms with van der Waals surface area (Å²) in [5, 5.41) is 11.8. The Balaban J connectivity index is 1.85. The molecule has 2 N–H and O–H groups in total. The van der Waals surface area contributed by atoms with Gasteiger partial charge in [0.25, 0.3) is 0 Å². The fourth-order valence-corrected chi connectivity index (χ4v) is 1.91. The Bertz CT molecular complexity index is 448. The van der Waals surface area contributed by atoms with E-state index in [9.17, 15) is 4.79 Å². The van der Waals surface area contributed by atoms with Crippen LogP contribution in [-0.2, 0) is 4.74 Å². The number of anilines is 1. The summed E-state index contributed by atoms with van der Waals surface area (Å²) in [5.41, 5.74) is 0.600. The molecule has 0 saturated heterocycles. The van der Waals surface area contributed by atoms with Gasteiger partial charge in [0.05, 0.1) is 25.1 Å². The molecule has 0 aromatic carbocycles. The first-order valence-electron chi connectivity index (χ1n) is 7.01. The van der Waals surface area contributed by atoms with Gasteiger partial charge in [-0.1, -0.05) is 0 Å². The van der Waals surface area contributed by atoms with Gasteiger partial charge >= 0.3 is 6.03 Å². The number of nitrogens with one attached hydrogen (secondary N) is 1. The van der Waals surface area contributed by atoms with Gasteiger partial charge in [-0.3, -0.25) is 0 Å². The van der Waals surface area contributed by atoms with Gasteiger partial charge in [-0.25, -0.2) is 9.78 Å². The maximum Gasteiger partial charge on any atom is 0.322 e. The molecule has 1 heterocycles. The van der Waals surface area contributed by atoms with Crippen molar-refractivity contribution < 1.29 is 19.4 Å². The zero-order valence-corrected chi connectivity index (χ0v) is 12.1. The highest BCUT2D eigenvalue weighted by molar-refractivity contribution is 5.89. The molecule has 2 amide bonds. The highest BCUT2D eigenvalue weighted by Crippen LogP contribution is 2.27. The second kappa shape index (κ2) is 7.80. The Morgan fingerprint density at radius 3 is 2.86 bits per heavy atom. The summed E-state index contributed by atoms with van der Waals surface area (Å²) in [6, 6.07) is 3.47. The summed E-state index contributed by atoms with van der Waals surface area (Å²) in [6.07, 6.45) is 3.54. The Kier molecular flexibility index (Phi) is 5.77. The van der Waals surface area contributed by atoms with E-state index in [1.165, 1.54) is 0 Å². The lowest BCUT2D eigenvalue weighted by molar-refractivity contribution is 0.144. The number of aliphatic hydroxyl groups is 1. The van der Waals surface area contributed by atoms with Crippen molar-refractivity contribution in [2.45, 2.75) is 18.9 Å². The van der Waals surface area contributed by atoms with Gasteiger partial charge in [0.1, 0.15) is 6.61 Å². The lowest BCUT2D eigenvalue weighted by atomic mass is 10.4. The largest absolute Gasteiger partial charge is 0.475 e. The van der Waals surface area contributed by atoms with Crippen LogP contribution in [0.25, 0.3) is 0 Å². The van der Waals surface area contributed by atoms with Crippen molar-refractivity contribution in [3.05, 3.63) is 18.3 Å². The number of aliphatic hydroxyl groups excluding tert-OH is 1. The zero-order valence-electron chi connectivity index (χ0n) is 12.1. The first-order valence-corrected chi connectivity index (χ1v) is 7.01. The molecule has 2 rings (SSSR count). The van der Waals surface area contributed by atoms with Crippen LogP contribution in [0.15, 0.2) is 18.3 Å². The fourth-order valence-electron chi connectivity index (χ4n) is 1.91. The number of amides is 2. The maximum atomic E-state index is 12.1. The lowest BCUT2D eigenvalue weighted by Gasteiger charge is -2.21. The van der Waals surface area contributed by atoms with Gasteiger partial charge in [-0.15, -0.1) is 0 Å². The molecular formula is C14H21N3O4. The SMILES string of the molecule is COCCOc1ccc(NC(=O)N(CCO)C2CC2)cn1. The molecule has 1 aliphatic carbocycles. The zero-order chi connectivity index (χ0) is 15.1. The van der Waals surface area contributed by atoms with Crippen LogP contribution in [0.4, 0.5) is 10.5 Å². The Morgan fingerprint density at radius 1 is 1.48 bits per heavy atom.